The van der Waals surface area contributed by atoms with Crippen LogP contribution in [-0.2, 0) is 15.7 Å². The minimum Gasteiger partial charge on any atom is -0.380 e. The van der Waals surface area contributed by atoms with Crippen LogP contribution in [0.4, 0.5) is 0 Å². The van der Waals surface area contributed by atoms with E-state index in [1.807, 2.05) is 6.92 Å². The Hall–Kier alpha value is 0.0300. The molecule has 0 aromatic rings. The van der Waals surface area contributed by atoms with E-state index in [1.54, 1.807) is 0 Å². The van der Waals surface area contributed by atoms with Crippen LogP contribution >= 0.6 is 0 Å². The quantitative estimate of drug-likeness (QED) is 0.788. The lowest BCUT2D eigenvalue weighted by Gasteiger charge is -2.45. The predicted molar refractivity (Wildman–Crippen MR) is 69.9 cm³/mol. The molecule has 3 N–H and O–H groups in total. The van der Waals surface area contributed by atoms with Crippen LogP contribution in [0.5, 0.6) is 0 Å². The van der Waals surface area contributed by atoms with Crippen molar-refractivity contribution in [1.29, 1.82) is 0 Å². The highest BCUT2D eigenvalue weighted by molar-refractivity contribution is 7.83. The first-order valence-corrected chi connectivity index (χ1v) is 7.70. The summed E-state index contributed by atoms with van der Waals surface area (Å²) >= 11 is 0. The van der Waals surface area contributed by atoms with Gasteiger partial charge in [0.25, 0.3) is 0 Å². The lowest BCUT2D eigenvalue weighted by atomic mass is 9.60. The molecule has 100 valence electrons. The normalized spacial score (nSPS) is 35.9. The van der Waals surface area contributed by atoms with Crippen LogP contribution in [0, 0.1) is 10.8 Å². The molecule has 1 spiro atoms. The molecule has 0 aliphatic carbocycles. The van der Waals surface area contributed by atoms with Crippen molar-refractivity contribution in [2.24, 2.45) is 16.0 Å². The highest BCUT2D eigenvalue weighted by Crippen LogP contribution is 2.53. The Morgan fingerprint density at radius 3 is 2.65 bits per heavy atom. The maximum absolute atomic E-state index is 11.4. The highest BCUT2D eigenvalue weighted by Gasteiger charge is 2.53. The monoisotopic (exact) mass is 260 g/mol. The van der Waals surface area contributed by atoms with Gasteiger partial charge in [-0.25, -0.2) is 4.21 Å². The number of nitrogens with one attached hydrogen (secondary N) is 1. The second-order valence-corrected chi connectivity index (χ2v) is 7.39. The molecule has 2 rings (SSSR count). The van der Waals surface area contributed by atoms with Crippen LogP contribution in [0.2, 0.25) is 0 Å². The second kappa shape index (κ2) is 4.96. The summed E-state index contributed by atoms with van der Waals surface area (Å²) in [4.78, 5) is 0. The Kier molecular flexibility index (Phi) is 3.92. The molecule has 2 unspecified atom stereocenters. The number of rotatable bonds is 3. The molecule has 0 radical (unpaired) electrons. The Labute approximate surface area is 106 Å². The van der Waals surface area contributed by atoms with E-state index < -0.39 is 11.0 Å². The maximum atomic E-state index is 11.4. The van der Waals surface area contributed by atoms with Gasteiger partial charge in [-0.2, -0.15) is 0 Å². The number of hydrogen-bond acceptors (Lipinski definition) is 3. The van der Waals surface area contributed by atoms with Crippen LogP contribution < -0.4 is 10.5 Å². The molecule has 0 aromatic heterocycles. The standard InChI is InChI=1S/C12H24N2O2S/c1-10(17(13)15)7-11(2)8-16-9-12(11)3-5-14-6-4-12/h10,14H,3-9,13H2,1-2H3/t10?,11-,17?/m1/s1. The van der Waals surface area contributed by atoms with Gasteiger partial charge < -0.3 is 10.1 Å². The van der Waals surface area contributed by atoms with Crippen LogP contribution in [0.15, 0.2) is 0 Å². The van der Waals surface area contributed by atoms with Crippen LogP contribution in [0.25, 0.3) is 0 Å². The molecule has 2 saturated heterocycles. The van der Waals surface area contributed by atoms with E-state index in [9.17, 15) is 4.21 Å². The SMILES string of the molecule is CC(C[C@]1(C)COCC12CCNCC2)S(N)=O. The fourth-order valence-electron chi connectivity index (χ4n) is 3.44. The summed E-state index contributed by atoms with van der Waals surface area (Å²) in [5, 5.41) is 8.97. The Balaban J connectivity index is 2.13. The molecule has 0 amide bonds. The smallest absolute Gasteiger partial charge is 0.0917 e. The molecule has 4 nitrogen and oxygen atoms in total. The molecule has 0 bridgehead atoms. The van der Waals surface area contributed by atoms with Crippen LogP contribution in [0.1, 0.15) is 33.1 Å². The Morgan fingerprint density at radius 2 is 2.06 bits per heavy atom. The summed E-state index contributed by atoms with van der Waals surface area (Å²) in [5.74, 6) is 0. The van der Waals surface area contributed by atoms with Gasteiger partial charge in [-0.05, 0) is 39.3 Å². The molecule has 2 aliphatic rings. The molecule has 0 saturated carbocycles. The molecule has 17 heavy (non-hydrogen) atoms. The second-order valence-electron chi connectivity index (χ2n) is 5.93. The lowest BCUT2D eigenvalue weighted by Crippen LogP contribution is -2.48. The minimum absolute atomic E-state index is 0.0495. The molecule has 2 heterocycles. The lowest BCUT2D eigenvalue weighted by molar-refractivity contribution is 0.0628. The zero-order valence-electron chi connectivity index (χ0n) is 10.8. The van der Waals surface area contributed by atoms with Crippen LogP contribution in [-0.4, -0.2) is 35.8 Å². The van der Waals surface area contributed by atoms with E-state index in [4.69, 9.17) is 9.88 Å². The van der Waals surface area contributed by atoms with Gasteiger partial charge >= 0.3 is 0 Å². The van der Waals surface area contributed by atoms with Gasteiger partial charge in [-0.1, -0.05) is 6.92 Å². The summed E-state index contributed by atoms with van der Waals surface area (Å²) in [6.45, 7) is 8.05. The number of ether oxygens (including phenoxy) is 1. The third-order valence-corrected chi connectivity index (χ3v) is 5.73. The van der Waals surface area contributed by atoms with E-state index >= 15 is 0 Å². The van der Waals surface area contributed by atoms with Crippen molar-refractivity contribution in [2.45, 2.75) is 38.4 Å². The zero-order valence-corrected chi connectivity index (χ0v) is 11.6. The summed E-state index contributed by atoms with van der Waals surface area (Å²) in [6.07, 6.45) is 3.22. The Morgan fingerprint density at radius 1 is 1.41 bits per heavy atom. The minimum atomic E-state index is -1.22. The van der Waals surface area contributed by atoms with E-state index in [2.05, 4.69) is 12.2 Å². The van der Waals surface area contributed by atoms with Crippen molar-refractivity contribution in [3.05, 3.63) is 0 Å². The summed E-state index contributed by atoms with van der Waals surface area (Å²) in [7, 11) is -1.22. The number of nitrogens with two attached hydrogens (primary N) is 1. The van der Waals surface area contributed by atoms with E-state index in [0.717, 1.165) is 45.6 Å². The van der Waals surface area contributed by atoms with Gasteiger partial charge in [-0.3, -0.25) is 5.14 Å². The largest absolute Gasteiger partial charge is 0.380 e. The molecule has 0 aromatic carbocycles. The topological polar surface area (TPSA) is 64.3 Å². The summed E-state index contributed by atoms with van der Waals surface area (Å²) < 4.78 is 17.1. The molecule has 2 aliphatic heterocycles. The van der Waals surface area contributed by atoms with Gasteiger partial charge in [0.15, 0.2) is 0 Å². The van der Waals surface area contributed by atoms with Crippen molar-refractivity contribution in [2.75, 3.05) is 26.3 Å². The number of hydrogen-bond donors (Lipinski definition) is 2. The average Bonchev–Trinajstić information content (AvgIpc) is 2.57. The van der Waals surface area contributed by atoms with Gasteiger partial charge in [0.05, 0.1) is 24.2 Å². The third kappa shape index (κ3) is 2.43. The highest BCUT2D eigenvalue weighted by atomic mass is 32.2. The first-order valence-electron chi connectivity index (χ1n) is 6.43. The Bertz CT molecular complexity index is 305. The zero-order chi connectivity index (χ0) is 12.5. The van der Waals surface area contributed by atoms with Gasteiger partial charge in [0, 0.05) is 16.1 Å². The van der Waals surface area contributed by atoms with E-state index in [-0.39, 0.29) is 16.1 Å². The van der Waals surface area contributed by atoms with E-state index in [0.29, 0.717) is 0 Å². The predicted octanol–water partition coefficient (Wildman–Crippen LogP) is 0.794. The van der Waals surface area contributed by atoms with E-state index in [1.165, 1.54) is 0 Å². The van der Waals surface area contributed by atoms with Gasteiger partial charge in [0.2, 0.25) is 0 Å². The summed E-state index contributed by atoms with van der Waals surface area (Å²) in [5.41, 5.74) is 0.398. The number of piperidine rings is 1. The average molecular weight is 260 g/mol. The first-order chi connectivity index (χ1) is 7.99. The molecule has 5 heteroatoms. The van der Waals surface area contributed by atoms with Crippen molar-refractivity contribution < 1.29 is 8.95 Å². The fourth-order valence-corrected chi connectivity index (χ4v) is 3.98. The van der Waals surface area contributed by atoms with Crippen LogP contribution in [0.3, 0.4) is 0 Å². The molecular formula is C12H24N2O2S. The summed E-state index contributed by atoms with van der Waals surface area (Å²) in [6, 6.07) is 0. The maximum Gasteiger partial charge on any atom is 0.0917 e. The van der Waals surface area contributed by atoms with Gasteiger partial charge in [0.1, 0.15) is 0 Å². The third-order valence-electron chi connectivity index (χ3n) is 4.77. The molecular weight excluding hydrogens is 236 g/mol. The molecule has 3 atom stereocenters. The first kappa shape index (κ1) is 13.5. The molecule has 2 fully saturated rings. The van der Waals surface area contributed by atoms with Crippen molar-refractivity contribution in [3.8, 4) is 0 Å². The van der Waals surface area contributed by atoms with Crippen molar-refractivity contribution in [3.63, 3.8) is 0 Å². The van der Waals surface area contributed by atoms with Crippen molar-refractivity contribution in [1.82, 2.24) is 5.32 Å². The van der Waals surface area contributed by atoms with Crippen molar-refractivity contribution >= 4 is 11.0 Å². The fraction of sp³-hybridized carbons (Fsp3) is 1.00. The van der Waals surface area contributed by atoms with Gasteiger partial charge in [-0.15, -0.1) is 0 Å².